The standard InChI is InChI=1S/C16H14N6O2/c1-24-9-11-13(10-5-3-2-4-6-10)15-19-18-14-12(22(15)21-11)7-8-17-20-16(14)23/h2-8,18-19H,9H2,1H3. The van der Waals surface area contributed by atoms with Crippen LogP contribution in [0.5, 0.6) is 0 Å². The number of benzene rings is 1. The van der Waals surface area contributed by atoms with Gasteiger partial charge in [-0.25, -0.2) is 4.68 Å². The van der Waals surface area contributed by atoms with Crippen molar-refractivity contribution in [3.63, 3.8) is 0 Å². The lowest BCUT2D eigenvalue weighted by Crippen LogP contribution is -2.25. The van der Waals surface area contributed by atoms with Gasteiger partial charge in [0.05, 0.1) is 29.7 Å². The summed E-state index contributed by atoms with van der Waals surface area (Å²) in [6, 6.07) is 11.6. The summed E-state index contributed by atoms with van der Waals surface area (Å²) in [6.07, 6.45) is 1.47. The first kappa shape index (κ1) is 14.3. The Kier molecular flexibility index (Phi) is 3.43. The molecule has 3 heterocycles. The molecule has 120 valence electrons. The second-order valence-corrected chi connectivity index (χ2v) is 5.23. The Labute approximate surface area is 137 Å². The molecule has 0 radical (unpaired) electrons. The van der Waals surface area contributed by atoms with E-state index in [9.17, 15) is 4.79 Å². The number of hydrogen-bond acceptors (Lipinski definition) is 7. The van der Waals surface area contributed by atoms with E-state index in [4.69, 9.17) is 4.74 Å². The topological polar surface area (TPSA) is 94.0 Å². The van der Waals surface area contributed by atoms with Crippen LogP contribution in [-0.2, 0) is 11.3 Å². The Morgan fingerprint density at radius 1 is 1.17 bits per heavy atom. The fourth-order valence-electron chi connectivity index (χ4n) is 2.75. The Morgan fingerprint density at radius 2 is 2.00 bits per heavy atom. The van der Waals surface area contributed by atoms with Gasteiger partial charge in [0, 0.05) is 7.11 Å². The van der Waals surface area contributed by atoms with E-state index in [0.717, 1.165) is 22.6 Å². The highest BCUT2D eigenvalue weighted by Gasteiger charge is 2.25. The smallest absolute Gasteiger partial charge is 0.315 e. The van der Waals surface area contributed by atoms with Gasteiger partial charge in [0.25, 0.3) is 0 Å². The summed E-state index contributed by atoms with van der Waals surface area (Å²) in [7, 11) is 1.62. The molecular weight excluding hydrogens is 308 g/mol. The van der Waals surface area contributed by atoms with Crippen molar-refractivity contribution in [1.29, 1.82) is 0 Å². The number of nitrogens with zero attached hydrogens (tertiary/aromatic N) is 4. The predicted molar refractivity (Wildman–Crippen MR) is 88.8 cm³/mol. The normalized spacial score (nSPS) is 11.9. The first-order chi connectivity index (χ1) is 11.8. The van der Waals surface area contributed by atoms with Gasteiger partial charge in [-0.05, 0) is 11.6 Å². The lowest BCUT2D eigenvalue weighted by Gasteiger charge is -2.19. The Bertz CT molecular complexity index is 955. The molecule has 1 aliphatic heterocycles. The summed E-state index contributed by atoms with van der Waals surface area (Å²) < 4.78 is 6.96. The van der Waals surface area contributed by atoms with Crippen molar-refractivity contribution in [1.82, 2.24) is 20.0 Å². The SMILES string of the molecule is COCc1nn2c(c1-c1ccccc1)NNc1c-2ccnnc1=O. The van der Waals surface area contributed by atoms with E-state index in [2.05, 4.69) is 26.1 Å². The molecule has 2 aromatic heterocycles. The number of fused-ring (bicyclic) bond motifs is 3. The van der Waals surface area contributed by atoms with E-state index < -0.39 is 5.56 Å². The molecule has 0 saturated carbocycles. The van der Waals surface area contributed by atoms with Crippen LogP contribution in [0.4, 0.5) is 11.5 Å². The maximum absolute atomic E-state index is 12.0. The van der Waals surface area contributed by atoms with Gasteiger partial charge in [-0.15, -0.1) is 5.10 Å². The van der Waals surface area contributed by atoms with Crippen molar-refractivity contribution in [2.75, 3.05) is 18.0 Å². The number of ether oxygens (including phenoxy) is 1. The highest BCUT2D eigenvalue weighted by atomic mass is 16.5. The number of anilines is 2. The molecule has 0 bridgehead atoms. The molecule has 0 unspecified atom stereocenters. The van der Waals surface area contributed by atoms with Crippen molar-refractivity contribution in [3.8, 4) is 16.8 Å². The van der Waals surface area contributed by atoms with Crippen LogP contribution in [0.1, 0.15) is 5.69 Å². The van der Waals surface area contributed by atoms with Crippen molar-refractivity contribution in [2.24, 2.45) is 0 Å². The highest BCUT2D eigenvalue weighted by Crippen LogP contribution is 2.36. The van der Waals surface area contributed by atoms with Crippen LogP contribution in [-0.4, -0.2) is 27.1 Å². The van der Waals surface area contributed by atoms with E-state index in [1.807, 2.05) is 30.3 Å². The molecule has 24 heavy (non-hydrogen) atoms. The molecule has 0 amide bonds. The number of hydrogen-bond donors (Lipinski definition) is 2. The molecule has 8 nitrogen and oxygen atoms in total. The minimum Gasteiger partial charge on any atom is -0.378 e. The second kappa shape index (κ2) is 5.74. The van der Waals surface area contributed by atoms with Gasteiger partial charge >= 0.3 is 5.56 Å². The van der Waals surface area contributed by atoms with Crippen LogP contribution < -0.4 is 16.4 Å². The average molecular weight is 322 g/mol. The molecule has 0 fully saturated rings. The summed E-state index contributed by atoms with van der Waals surface area (Å²) >= 11 is 0. The molecule has 0 spiro atoms. The molecule has 8 heteroatoms. The van der Waals surface area contributed by atoms with Crippen molar-refractivity contribution in [2.45, 2.75) is 6.61 Å². The molecule has 3 aromatic rings. The molecule has 0 atom stereocenters. The molecule has 0 saturated heterocycles. The molecule has 0 aliphatic carbocycles. The van der Waals surface area contributed by atoms with Crippen LogP contribution in [0.15, 0.2) is 47.4 Å². The first-order valence-electron chi connectivity index (χ1n) is 7.34. The Balaban J connectivity index is 2.00. The van der Waals surface area contributed by atoms with Crippen LogP contribution in [0.3, 0.4) is 0 Å². The fourth-order valence-corrected chi connectivity index (χ4v) is 2.75. The average Bonchev–Trinajstić information content (AvgIpc) is 2.86. The van der Waals surface area contributed by atoms with Gasteiger partial charge in [0.1, 0.15) is 5.69 Å². The van der Waals surface area contributed by atoms with Crippen molar-refractivity contribution in [3.05, 3.63) is 58.6 Å². The van der Waals surface area contributed by atoms with E-state index >= 15 is 0 Å². The molecule has 4 rings (SSSR count). The third-order valence-electron chi connectivity index (χ3n) is 3.75. The zero-order valence-electron chi connectivity index (χ0n) is 12.9. The summed E-state index contributed by atoms with van der Waals surface area (Å²) in [5, 5.41) is 11.9. The molecule has 2 N–H and O–H groups in total. The largest absolute Gasteiger partial charge is 0.378 e. The number of hydrazine groups is 1. The third kappa shape index (κ3) is 2.20. The van der Waals surface area contributed by atoms with E-state index in [1.54, 1.807) is 17.9 Å². The molecular formula is C16H14N6O2. The quantitative estimate of drug-likeness (QED) is 0.756. The monoisotopic (exact) mass is 322 g/mol. The number of methoxy groups -OCH3 is 1. The summed E-state index contributed by atoms with van der Waals surface area (Å²) in [5.41, 5.74) is 9.05. The van der Waals surface area contributed by atoms with Gasteiger partial charge in [0.2, 0.25) is 0 Å². The summed E-state index contributed by atoms with van der Waals surface area (Å²) in [4.78, 5) is 12.0. The van der Waals surface area contributed by atoms with Gasteiger partial charge in [-0.3, -0.25) is 15.6 Å². The molecule has 1 aliphatic rings. The van der Waals surface area contributed by atoms with Gasteiger partial charge < -0.3 is 4.74 Å². The maximum Gasteiger partial charge on any atom is 0.315 e. The second-order valence-electron chi connectivity index (χ2n) is 5.23. The number of nitrogens with one attached hydrogen (secondary N) is 2. The zero-order chi connectivity index (χ0) is 16.5. The zero-order valence-corrected chi connectivity index (χ0v) is 12.9. The minimum atomic E-state index is -0.460. The van der Waals surface area contributed by atoms with E-state index in [1.165, 1.54) is 6.20 Å². The number of aromatic nitrogens is 4. The summed E-state index contributed by atoms with van der Waals surface area (Å²) in [5.74, 6) is 0.728. The van der Waals surface area contributed by atoms with Crippen LogP contribution in [0, 0.1) is 0 Å². The fraction of sp³-hybridized carbons (Fsp3) is 0.125. The van der Waals surface area contributed by atoms with Crippen molar-refractivity contribution < 1.29 is 4.74 Å². The maximum atomic E-state index is 12.0. The Hall–Kier alpha value is -3.26. The first-order valence-corrected chi connectivity index (χ1v) is 7.34. The predicted octanol–water partition coefficient (Wildman–Crippen LogP) is 1.59. The molecule has 1 aromatic carbocycles. The van der Waals surface area contributed by atoms with Gasteiger partial charge in [-0.2, -0.15) is 10.2 Å². The lowest BCUT2D eigenvalue weighted by atomic mass is 10.1. The van der Waals surface area contributed by atoms with Crippen LogP contribution in [0.2, 0.25) is 0 Å². The van der Waals surface area contributed by atoms with Crippen LogP contribution >= 0.6 is 0 Å². The van der Waals surface area contributed by atoms with E-state index in [-0.39, 0.29) is 0 Å². The highest BCUT2D eigenvalue weighted by molar-refractivity contribution is 5.83. The number of rotatable bonds is 3. The Morgan fingerprint density at radius 3 is 2.79 bits per heavy atom. The summed E-state index contributed by atoms with van der Waals surface area (Å²) in [6.45, 7) is 0.348. The van der Waals surface area contributed by atoms with E-state index in [0.29, 0.717) is 18.0 Å². The van der Waals surface area contributed by atoms with Gasteiger partial charge in [-0.1, -0.05) is 30.3 Å². The third-order valence-corrected chi connectivity index (χ3v) is 3.75. The lowest BCUT2D eigenvalue weighted by molar-refractivity contribution is 0.181. The van der Waals surface area contributed by atoms with Crippen molar-refractivity contribution >= 4 is 11.5 Å². The van der Waals surface area contributed by atoms with Crippen LogP contribution in [0.25, 0.3) is 16.8 Å². The minimum absolute atomic E-state index is 0.297. The van der Waals surface area contributed by atoms with Gasteiger partial charge in [0.15, 0.2) is 5.82 Å².